The summed E-state index contributed by atoms with van der Waals surface area (Å²) in [7, 11) is 0. The Kier molecular flexibility index (Phi) is 4.02. The quantitative estimate of drug-likeness (QED) is 0.761. The number of piperidine rings is 1. The molecule has 1 aromatic carbocycles. The average molecular weight is 297 g/mol. The third-order valence-electron chi connectivity index (χ3n) is 4.63. The summed E-state index contributed by atoms with van der Waals surface area (Å²) in [5, 5.41) is 24.6. The lowest BCUT2D eigenvalue weighted by molar-refractivity contribution is -0.0450. The first-order chi connectivity index (χ1) is 9.58. The monoisotopic (exact) mass is 296 g/mol. The molecule has 2 fully saturated rings. The maximum absolute atomic E-state index is 10.8. The molecule has 0 saturated carbocycles. The van der Waals surface area contributed by atoms with E-state index in [0.717, 1.165) is 25.2 Å². The van der Waals surface area contributed by atoms with Gasteiger partial charge in [-0.1, -0.05) is 23.7 Å². The molecule has 2 aliphatic rings. The molecule has 110 valence electrons. The van der Waals surface area contributed by atoms with E-state index in [0.29, 0.717) is 24.4 Å². The van der Waals surface area contributed by atoms with Crippen molar-refractivity contribution in [2.24, 2.45) is 0 Å². The third-order valence-corrected chi connectivity index (χ3v) is 4.88. The van der Waals surface area contributed by atoms with E-state index in [1.165, 1.54) is 0 Å². The molecule has 4 nitrogen and oxygen atoms in total. The number of benzene rings is 1. The molecule has 2 atom stereocenters. The van der Waals surface area contributed by atoms with Crippen LogP contribution in [0.5, 0.6) is 0 Å². The molecule has 0 aliphatic carbocycles. The molecule has 2 heterocycles. The Labute approximate surface area is 124 Å². The number of hydrogen-bond donors (Lipinski definition) is 3. The lowest BCUT2D eigenvalue weighted by Crippen LogP contribution is -2.50. The van der Waals surface area contributed by atoms with Crippen molar-refractivity contribution in [1.29, 1.82) is 0 Å². The Hall–Kier alpha value is -0.650. The van der Waals surface area contributed by atoms with E-state index in [1.54, 1.807) is 0 Å². The second-order valence-corrected chi connectivity index (χ2v) is 6.30. The molecule has 0 amide bonds. The van der Waals surface area contributed by atoms with Gasteiger partial charge in [0.25, 0.3) is 0 Å². The van der Waals surface area contributed by atoms with Gasteiger partial charge in [0.2, 0.25) is 0 Å². The van der Waals surface area contributed by atoms with E-state index in [2.05, 4.69) is 10.2 Å². The molecule has 5 heteroatoms. The Bertz CT molecular complexity index is 457. The molecule has 3 rings (SSSR count). The number of β-amino-alcohol motifs (C(OH)–C–C–N with tert-alkyl or cyclic N) is 1. The average Bonchev–Trinajstić information content (AvgIpc) is 2.87. The van der Waals surface area contributed by atoms with Crippen LogP contribution in [0.1, 0.15) is 18.4 Å². The Balaban J connectivity index is 1.66. The highest BCUT2D eigenvalue weighted by Gasteiger charge is 2.38. The van der Waals surface area contributed by atoms with Crippen molar-refractivity contribution >= 4 is 11.6 Å². The van der Waals surface area contributed by atoms with Crippen LogP contribution in [0.4, 0.5) is 0 Å². The van der Waals surface area contributed by atoms with E-state index in [4.69, 9.17) is 11.6 Å². The van der Waals surface area contributed by atoms with Gasteiger partial charge in [0, 0.05) is 37.2 Å². The van der Waals surface area contributed by atoms with E-state index in [-0.39, 0.29) is 12.1 Å². The molecule has 0 spiro atoms. The number of aliphatic hydroxyl groups excluding tert-OH is 1. The molecule has 2 unspecified atom stereocenters. The number of nitrogens with zero attached hydrogens (tertiary/aromatic N) is 1. The van der Waals surface area contributed by atoms with Gasteiger partial charge in [0.15, 0.2) is 0 Å². The largest absolute Gasteiger partial charge is 0.390 e. The second kappa shape index (κ2) is 5.62. The number of likely N-dealkylation sites (tertiary alicyclic amines) is 1. The minimum Gasteiger partial charge on any atom is -0.390 e. The summed E-state index contributed by atoms with van der Waals surface area (Å²) < 4.78 is 0. The van der Waals surface area contributed by atoms with Crippen molar-refractivity contribution in [1.82, 2.24) is 10.2 Å². The van der Waals surface area contributed by atoms with Crippen LogP contribution in [-0.2, 0) is 5.60 Å². The van der Waals surface area contributed by atoms with Crippen molar-refractivity contribution < 1.29 is 10.2 Å². The highest BCUT2D eigenvalue weighted by molar-refractivity contribution is 6.30. The molecular formula is C15H21ClN2O2. The van der Waals surface area contributed by atoms with Crippen LogP contribution in [0.25, 0.3) is 0 Å². The highest BCUT2D eigenvalue weighted by Crippen LogP contribution is 2.34. The molecule has 3 N–H and O–H groups in total. The second-order valence-electron chi connectivity index (χ2n) is 5.87. The predicted octanol–water partition coefficient (Wildman–Crippen LogP) is 0.956. The van der Waals surface area contributed by atoms with Crippen LogP contribution < -0.4 is 5.32 Å². The molecule has 0 radical (unpaired) electrons. The van der Waals surface area contributed by atoms with Crippen molar-refractivity contribution in [3.8, 4) is 0 Å². The highest BCUT2D eigenvalue weighted by atomic mass is 35.5. The SMILES string of the molecule is OC1CNCC1N1CCC(O)(c2ccc(Cl)cc2)CC1. The molecule has 2 saturated heterocycles. The first-order valence-electron chi connectivity index (χ1n) is 7.20. The number of aliphatic hydroxyl groups is 2. The molecule has 0 bridgehead atoms. The van der Waals surface area contributed by atoms with Crippen molar-refractivity contribution in [2.45, 2.75) is 30.6 Å². The van der Waals surface area contributed by atoms with Gasteiger partial charge in [0.05, 0.1) is 11.7 Å². The van der Waals surface area contributed by atoms with Crippen LogP contribution in [0, 0.1) is 0 Å². The van der Waals surface area contributed by atoms with Gasteiger partial charge in [0.1, 0.15) is 0 Å². The van der Waals surface area contributed by atoms with Crippen LogP contribution in [-0.4, -0.2) is 53.4 Å². The summed E-state index contributed by atoms with van der Waals surface area (Å²) in [5.41, 5.74) is 0.171. The summed E-state index contributed by atoms with van der Waals surface area (Å²) in [4.78, 5) is 2.29. The minimum absolute atomic E-state index is 0.185. The molecule has 0 aromatic heterocycles. The first kappa shape index (κ1) is 14.3. The zero-order valence-corrected chi connectivity index (χ0v) is 12.2. The lowest BCUT2D eigenvalue weighted by atomic mass is 9.84. The van der Waals surface area contributed by atoms with Crippen LogP contribution in [0.3, 0.4) is 0 Å². The Morgan fingerprint density at radius 1 is 1.15 bits per heavy atom. The van der Waals surface area contributed by atoms with Gasteiger partial charge in [-0.3, -0.25) is 4.90 Å². The van der Waals surface area contributed by atoms with Gasteiger partial charge in [-0.05, 0) is 30.5 Å². The fourth-order valence-electron chi connectivity index (χ4n) is 3.30. The van der Waals surface area contributed by atoms with Gasteiger partial charge in [-0.25, -0.2) is 0 Å². The van der Waals surface area contributed by atoms with Gasteiger partial charge in [-0.2, -0.15) is 0 Å². The number of rotatable bonds is 2. The van der Waals surface area contributed by atoms with Crippen LogP contribution >= 0.6 is 11.6 Å². The third kappa shape index (κ3) is 2.71. The summed E-state index contributed by atoms with van der Waals surface area (Å²) in [6, 6.07) is 7.65. The van der Waals surface area contributed by atoms with Crippen molar-refractivity contribution in [3.05, 3.63) is 34.9 Å². The maximum atomic E-state index is 10.8. The van der Waals surface area contributed by atoms with Crippen molar-refractivity contribution in [3.63, 3.8) is 0 Å². The van der Waals surface area contributed by atoms with Crippen LogP contribution in [0.2, 0.25) is 5.02 Å². The van der Waals surface area contributed by atoms with E-state index >= 15 is 0 Å². The summed E-state index contributed by atoms with van der Waals surface area (Å²) >= 11 is 5.90. The normalized spacial score (nSPS) is 30.6. The minimum atomic E-state index is -0.766. The first-order valence-corrected chi connectivity index (χ1v) is 7.57. The van der Waals surface area contributed by atoms with Crippen molar-refractivity contribution in [2.75, 3.05) is 26.2 Å². The number of halogens is 1. The molecule has 20 heavy (non-hydrogen) atoms. The lowest BCUT2D eigenvalue weighted by Gasteiger charge is -2.41. The Morgan fingerprint density at radius 2 is 1.80 bits per heavy atom. The zero-order chi connectivity index (χ0) is 14.2. The smallest absolute Gasteiger partial charge is 0.0920 e. The van der Waals surface area contributed by atoms with Gasteiger partial charge in [-0.15, -0.1) is 0 Å². The zero-order valence-electron chi connectivity index (χ0n) is 11.4. The fourth-order valence-corrected chi connectivity index (χ4v) is 3.42. The number of nitrogens with one attached hydrogen (secondary N) is 1. The molecular weight excluding hydrogens is 276 g/mol. The predicted molar refractivity (Wildman–Crippen MR) is 78.8 cm³/mol. The van der Waals surface area contributed by atoms with Gasteiger partial charge >= 0.3 is 0 Å². The van der Waals surface area contributed by atoms with Crippen LogP contribution in [0.15, 0.2) is 24.3 Å². The maximum Gasteiger partial charge on any atom is 0.0920 e. The topological polar surface area (TPSA) is 55.7 Å². The van der Waals surface area contributed by atoms with E-state index < -0.39 is 5.60 Å². The Morgan fingerprint density at radius 3 is 2.35 bits per heavy atom. The standard InChI is InChI=1S/C15H21ClN2O2/c16-12-3-1-11(2-4-12)15(20)5-7-18(8-6-15)13-9-17-10-14(13)19/h1-4,13-14,17,19-20H,5-10H2. The summed E-state index contributed by atoms with van der Waals surface area (Å²) in [6.45, 7) is 3.12. The van der Waals surface area contributed by atoms with Gasteiger partial charge < -0.3 is 15.5 Å². The number of hydrogen-bond acceptors (Lipinski definition) is 4. The fraction of sp³-hybridized carbons (Fsp3) is 0.600. The molecule has 2 aliphatic heterocycles. The summed E-state index contributed by atoms with van der Waals surface area (Å²) in [5.74, 6) is 0. The van der Waals surface area contributed by atoms with E-state index in [1.807, 2.05) is 24.3 Å². The molecule has 1 aromatic rings. The van der Waals surface area contributed by atoms with E-state index in [9.17, 15) is 10.2 Å². The summed E-state index contributed by atoms with van der Waals surface area (Å²) in [6.07, 6.45) is 1.09.